The summed E-state index contributed by atoms with van der Waals surface area (Å²) in [4.78, 5) is 11.3. The lowest BCUT2D eigenvalue weighted by Crippen LogP contribution is -2.25. The molecule has 1 aliphatic rings. The molecule has 0 unspecified atom stereocenters. The summed E-state index contributed by atoms with van der Waals surface area (Å²) in [5, 5.41) is 4.08. The number of aromatic nitrogens is 2. The van der Waals surface area contributed by atoms with Gasteiger partial charge in [-0.2, -0.15) is 5.10 Å². The fourth-order valence-corrected chi connectivity index (χ4v) is 2.37. The highest BCUT2D eigenvalue weighted by Crippen LogP contribution is 2.30. The van der Waals surface area contributed by atoms with Crippen LogP contribution < -0.4 is 0 Å². The Morgan fingerprint density at radius 2 is 2.25 bits per heavy atom. The van der Waals surface area contributed by atoms with Crippen molar-refractivity contribution in [1.29, 1.82) is 0 Å². The average molecular weight is 221 g/mol. The molecule has 2 rings (SSSR count). The Hall–Kier alpha value is -1.32. The molecule has 0 atom stereocenters. The molecular formula is C12H17N2O2. The average Bonchev–Trinajstić information content (AvgIpc) is 2.82. The number of ether oxygens (including phenoxy) is 1. The molecule has 1 fully saturated rings. The van der Waals surface area contributed by atoms with E-state index in [4.69, 9.17) is 4.74 Å². The largest absolute Gasteiger partial charge is 0.469 e. The van der Waals surface area contributed by atoms with Crippen molar-refractivity contribution in [3.63, 3.8) is 0 Å². The zero-order valence-corrected chi connectivity index (χ0v) is 9.56. The second-order valence-corrected chi connectivity index (χ2v) is 4.41. The molecule has 16 heavy (non-hydrogen) atoms. The third-order valence-electron chi connectivity index (χ3n) is 3.33. The monoisotopic (exact) mass is 221 g/mol. The highest BCUT2D eigenvalue weighted by atomic mass is 16.5. The van der Waals surface area contributed by atoms with Crippen molar-refractivity contribution in [3.05, 3.63) is 18.5 Å². The Kier molecular flexibility index (Phi) is 3.59. The summed E-state index contributed by atoms with van der Waals surface area (Å²) in [5.41, 5.74) is 0. The summed E-state index contributed by atoms with van der Waals surface area (Å²) in [5.74, 6) is 0.700. The Labute approximate surface area is 95.6 Å². The quantitative estimate of drug-likeness (QED) is 0.729. The molecular weight excluding hydrogens is 204 g/mol. The smallest absolute Gasteiger partial charge is 0.308 e. The molecule has 0 aromatic carbocycles. The minimum Gasteiger partial charge on any atom is -0.469 e. The maximum atomic E-state index is 11.3. The molecule has 1 aliphatic carbocycles. The number of carbonyl (C=O) groups excluding carboxylic acids is 1. The molecule has 0 N–H and O–H groups in total. The Bertz CT molecular complexity index is 327. The van der Waals surface area contributed by atoms with E-state index in [0.29, 0.717) is 5.92 Å². The number of esters is 1. The van der Waals surface area contributed by atoms with Gasteiger partial charge in [0.05, 0.1) is 13.0 Å². The molecule has 0 aliphatic heterocycles. The molecule has 1 heterocycles. The predicted molar refractivity (Wildman–Crippen MR) is 58.5 cm³/mol. The third kappa shape index (κ3) is 2.62. The minimum atomic E-state index is -0.0501. The van der Waals surface area contributed by atoms with Gasteiger partial charge in [0.25, 0.3) is 0 Å². The van der Waals surface area contributed by atoms with E-state index in [1.165, 1.54) is 7.11 Å². The lowest BCUT2D eigenvalue weighted by Gasteiger charge is -2.26. The van der Waals surface area contributed by atoms with Crippen molar-refractivity contribution < 1.29 is 9.53 Å². The zero-order valence-electron chi connectivity index (χ0n) is 9.56. The normalized spacial score (nSPS) is 25.3. The van der Waals surface area contributed by atoms with Crippen molar-refractivity contribution >= 4 is 5.97 Å². The second-order valence-electron chi connectivity index (χ2n) is 4.41. The van der Waals surface area contributed by atoms with Gasteiger partial charge in [-0.05, 0) is 37.7 Å². The van der Waals surface area contributed by atoms with Crippen molar-refractivity contribution in [2.24, 2.45) is 11.8 Å². The lowest BCUT2D eigenvalue weighted by atomic mass is 9.82. The van der Waals surface area contributed by atoms with Gasteiger partial charge in [-0.1, -0.05) is 0 Å². The van der Waals surface area contributed by atoms with Gasteiger partial charge in [-0.3, -0.25) is 9.48 Å². The molecule has 0 amide bonds. The van der Waals surface area contributed by atoms with Gasteiger partial charge in [-0.15, -0.1) is 0 Å². The van der Waals surface area contributed by atoms with Crippen molar-refractivity contribution in [3.8, 4) is 0 Å². The van der Waals surface area contributed by atoms with E-state index in [-0.39, 0.29) is 11.9 Å². The van der Waals surface area contributed by atoms with Crippen LogP contribution in [0.1, 0.15) is 25.7 Å². The molecule has 1 aromatic heterocycles. The summed E-state index contributed by atoms with van der Waals surface area (Å²) >= 11 is 0. The van der Waals surface area contributed by atoms with Crippen LogP contribution in [0.4, 0.5) is 0 Å². The second kappa shape index (κ2) is 5.14. The van der Waals surface area contributed by atoms with Gasteiger partial charge < -0.3 is 4.74 Å². The summed E-state index contributed by atoms with van der Waals surface area (Å²) in [6.45, 7) is 0.942. The van der Waals surface area contributed by atoms with Crippen LogP contribution in [0.2, 0.25) is 0 Å². The zero-order chi connectivity index (χ0) is 11.4. The number of rotatable bonds is 3. The van der Waals surface area contributed by atoms with Gasteiger partial charge in [0.2, 0.25) is 0 Å². The van der Waals surface area contributed by atoms with E-state index >= 15 is 0 Å². The topological polar surface area (TPSA) is 44.1 Å². The van der Waals surface area contributed by atoms with Crippen LogP contribution in [0.25, 0.3) is 0 Å². The third-order valence-corrected chi connectivity index (χ3v) is 3.33. The van der Waals surface area contributed by atoms with Crippen LogP contribution in [-0.4, -0.2) is 22.9 Å². The molecule has 87 valence electrons. The molecule has 4 nitrogen and oxygen atoms in total. The van der Waals surface area contributed by atoms with Crippen molar-refractivity contribution in [1.82, 2.24) is 9.78 Å². The van der Waals surface area contributed by atoms with Crippen molar-refractivity contribution in [2.75, 3.05) is 7.11 Å². The van der Waals surface area contributed by atoms with E-state index in [1.807, 2.05) is 16.9 Å². The Morgan fingerprint density at radius 3 is 2.81 bits per heavy atom. The van der Waals surface area contributed by atoms with Gasteiger partial charge in [0.1, 0.15) is 6.20 Å². The number of nitrogens with zero attached hydrogens (tertiary/aromatic N) is 2. The number of hydrogen-bond donors (Lipinski definition) is 0. The number of methoxy groups -OCH3 is 1. The SMILES string of the molecule is COC(=O)C1CCC(Cn2cc[c]n2)CC1. The molecule has 0 saturated heterocycles. The first-order valence-electron chi connectivity index (χ1n) is 5.77. The van der Waals surface area contributed by atoms with Gasteiger partial charge in [-0.25, -0.2) is 0 Å². The van der Waals surface area contributed by atoms with Gasteiger partial charge in [0, 0.05) is 12.7 Å². The van der Waals surface area contributed by atoms with Crippen LogP contribution in [0, 0.1) is 18.0 Å². The van der Waals surface area contributed by atoms with Crippen LogP contribution in [0.5, 0.6) is 0 Å². The number of hydrogen-bond acceptors (Lipinski definition) is 3. The standard InChI is InChI=1S/C12H17N2O2/c1-16-12(15)11-5-3-10(4-6-11)9-14-8-2-7-13-14/h2,8,10-11H,3-6,9H2,1H3. The lowest BCUT2D eigenvalue weighted by molar-refractivity contribution is -0.146. The first kappa shape index (κ1) is 11.2. The molecule has 0 bridgehead atoms. The fourth-order valence-electron chi connectivity index (χ4n) is 2.37. The summed E-state index contributed by atoms with van der Waals surface area (Å²) in [6, 6.07) is 1.82. The highest BCUT2D eigenvalue weighted by Gasteiger charge is 2.26. The van der Waals surface area contributed by atoms with Crippen LogP contribution in [0.15, 0.2) is 12.3 Å². The van der Waals surface area contributed by atoms with E-state index < -0.39 is 0 Å². The van der Waals surface area contributed by atoms with Crippen molar-refractivity contribution in [2.45, 2.75) is 32.2 Å². The molecule has 0 spiro atoms. The number of carbonyl (C=O) groups is 1. The first-order valence-corrected chi connectivity index (χ1v) is 5.77. The van der Waals surface area contributed by atoms with Crippen LogP contribution in [-0.2, 0) is 16.1 Å². The van der Waals surface area contributed by atoms with E-state index in [2.05, 4.69) is 11.3 Å². The van der Waals surface area contributed by atoms with Gasteiger partial charge in [0.15, 0.2) is 0 Å². The fraction of sp³-hybridized carbons (Fsp3) is 0.667. The summed E-state index contributed by atoms with van der Waals surface area (Å²) in [6.07, 6.45) is 8.79. The summed E-state index contributed by atoms with van der Waals surface area (Å²) < 4.78 is 6.69. The van der Waals surface area contributed by atoms with E-state index in [1.54, 1.807) is 0 Å². The summed E-state index contributed by atoms with van der Waals surface area (Å²) in [7, 11) is 1.47. The predicted octanol–water partition coefficient (Wildman–Crippen LogP) is 1.66. The first-order chi connectivity index (χ1) is 7.79. The molecule has 1 radical (unpaired) electrons. The molecule has 1 aromatic rings. The minimum absolute atomic E-state index is 0.0501. The molecule has 1 saturated carbocycles. The van der Waals surface area contributed by atoms with E-state index in [9.17, 15) is 4.79 Å². The van der Waals surface area contributed by atoms with Crippen LogP contribution in [0.3, 0.4) is 0 Å². The Morgan fingerprint density at radius 1 is 1.50 bits per heavy atom. The van der Waals surface area contributed by atoms with Crippen LogP contribution >= 0.6 is 0 Å². The van der Waals surface area contributed by atoms with Gasteiger partial charge >= 0.3 is 5.97 Å². The maximum Gasteiger partial charge on any atom is 0.308 e. The maximum absolute atomic E-state index is 11.3. The van der Waals surface area contributed by atoms with E-state index in [0.717, 1.165) is 32.2 Å². The highest BCUT2D eigenvalue weighted by molar-refractivity contribution is 5.72. The Balaban J connectivity index is 1.79. The molecule has 4 heteroatoms.